The first-order valence-electron chi connectivity index (χ1n) is 5.21. The second kappa shape index (κ2) is 5.73. The van der Waals surface area contributed by atoms with E-state index in [0.29, 0.717) is 15.7 Å². The van der Waals surface area contributed by atoms with E-state index in [1.54, 1.807) is 31.4 Å². The van der Waals surface area contributed by atoms with E-state index in [-0.39, 0.29) is 11.1 Å². The van der Waals surface area contributed by atoms with Gasteiger partial charge in [0.05, 0.1) is 16.8 Å². The van der Waals surface area contributed by atoms with E-state index in [1.807, 2.05) is 0 Å². The Morgan fingerprint density at radius 3 is 2.78 bits per heavy atom. The zero-order valence-corrected chi connectivity index (χ0v) is 11.8. The van der Waals surface area contributed by atoms with Crippen molar-refractivity contribution in [1.82, 2.24) is 15.3 Å². The van der Waals surface area contributed by atoms with Crippen LogP contribution in [0, 0.1) is 5.82 Å². The molecule has 0 saturated carbocycles. The lowest BCUT2D eigenvalue weighted by molar-refractivity contribution is 0.569. The molecule has 1 unspecified atom stereocenters. The Balaban J connectivity index is 2.50. The first-order chi connectivity index (χ1) is 8.65. The van der Waals surface area contributed by atoms with Crippen LogP contribution in [0.25, 0.3) is 0 Å². The molecule has 2 rings (SSSR count). The Bertz CT molecular complexity index is 551. The second-order valence-corrected chi connectivity index (χ2v) is 4.85. The lowest BCUT2D eigenvalue weighted by atomic mass is 10.0. The molecule has 1 atom stereocenters. The summed E-state index contributed by atoms with van der Waals surface area (Å²) in [5, 5.41) is 3.09. The van der Waals surface area contributed by atoms with Crippen LogP contribution in [0.4, 0.5) is 4.39 Å². The summed E-state index contributed by atoms with van der Waals surface area (Å²) in [5.41, 5.74) is 1.13. The molecule has 0 fully saturated rings. The highest BCUT2D eigenvalue weighted by Crippen LogP contribution is 2.32. The molecule has 0 amide bonds. The fourth-order valence-electron chi connectivity index (χ4n) is 1.70. The highest BCUT2D eigenvalue weighted by atomic mass is 79.9. The average molecular weight is 331 g/mol. The molecule has 0 aliphatic carbocycles. The third-order valence-corrected chi connectivity index (χ3v) is 3.82. The molecule has 18 heavy (non-hydrogen) atoms. The molecular formula is C12H10BrClFN3. The van der Waals surface area contributed by atoms with Gasteiger partial charge in [0, 0.05) is 16.2 Å². The van der Waals surface area contributed by atoms with E-state index in [0.717, 1.165) is 0 Å². The van der Waals surface area contributed by atoms with Crippen molar-refractivity contribution in [3.05, 3.63) is 57.3 Å². The van der Waals surface area contributed by atoms with Gasteiger partial charge in [-0.1, -0.05) is 17.7 Å². The zero-order chi connectivity index (χ0) is 13.1. The maximum absolute atomic E-state index is 14.1. The smallest absolute Gasteiger partial charge is 0.148 e. The van der Waals surface area contributed by atoms with Gasteiger partial charge in [0.2, 0.25) is 0 Å². The molecule has 0 aliphatic rings. The number of benzene rings is 1. The molecule has 0 bridgehead atoms. The van der Waals surface area contributed by atoms with Crippen LogP contribution in [0.2, 0.25) is 5.02 Å². The summed E-state index contributed by atoms with van der Waals surface area (Å²) >= 11 is 9.08. The molecule has 2 aromatic rings. The van der Waals surface area contributed by atoms with E-state index in [9.17, 15) is 4.39 Å². The monoisotopic (exact) mass is 329 g/mol. The first-order valence-corrected chi connectivity index (χ1v) is 6.38. The number of rotatable bonds is 3. The number of hydrogen-bond acceptors (Lipinski definition) is 3. The fourth-order valence-corrected chi connectivity index (χ4v) is 2.18. The predicted molar refractivity (Wildman–Crippen MR) is 72.0 cm³/mol. The van der Waals surface area contributed by atoms with Crippen molar-refractivity contribution in [2.45, 2.75) is 6.04 Å². The van der Waals surface area contributed by atoms with Crippen LogP contribution >= 0.6 is 27.5 Å². The maximum Gasteiger partial charge on any atom is 0.148 e. The quantitative estimate of drug-likeness (QED) is 0.877. The Morgan fingerprint density at radius 1 is 1.39 bits per heavy atom. The summed E-state index contributed by atoms with van der Waals surface area (Å²) in [4.78, 5) is 7.97. The molecule has 0 saturated heterocycles. The molecule has 3 nitrogen and oxygen atoms in total. The second-order valence-electron chi connectivity index (χ2n) is 3.62. The summed E-state index contributed by atoms with van der Waals surface area (Å²) < 4.78 is 14.7. The Hall–Kier alpha value is -1.04. The standard InChI is InChI=1S/C12H10BrClFN3/c1-16-12(9-4-5-17-6-18-9)7-2-3-8(13)10(14)11(7)15/h2-6,12,16H,1H3. The SMILES string of the molecule is CNC(c1ccncn1)c1ccc(Br)c(Cl)c1F. The van der Waals surface area contributed by atoms with Crippen LogP contribution in [0.5, 0.6) is 0 Å². The zero-order valence-electron chi connectivity index (χ0n) is 9.49. The molecule has 1 heterocycles. The van der Waals surface area contributed by atoms with Crippen molar-refractivity contribution in [3.63, 3.8) is 0 Å². The summed E-state index contributed by atoms with van der Waals surface area (Å²) in [6.45, 7) is 0. The van der Waals surface area contributed by atoms with E-state index in [4.69, 9.17) is 11.6 Å². The minimum Gasteiger partial charge on any atom is -0.308 e. The third kappa shape index (κ3) is 2.53. The Kier molecular flexibility index (Phi) is 4.27. The van der Waals surface area contributed by atoms with Gasteiger partial charge >= 0.3 is 0 Å². The number of nitrogens with zero attached hydrogens (tertiary/aromatic N) is 2. The van der Waals surface area contributed by atoms with Gasteiger partial charge in [-0.15, -0.1) is 0 Å². The molecule has 1 aromatic heterocycles. The number of hydrogen-bond donors (Lipinski definition) is 1. The van der Waals surface area contributed by atoms with E-state index in [2.05, 4.69) is 31.2 Å². The normalized spacial score (nSPS) is 12.4. The van der Waals surface area contributed by atoms with Gasteiger partial charge in [-0.3, -0.25) is 0 Å². The lowest BCUT2D eigenvalue weighted by Crippen LogP contribution is -2.20. The lowest BCUT2D eigenvalue weighted by Gasteiger charge is -2.17. The molecule has 1 N–H and O–H groups in total. The van der Waals surface area contributed by atoms with Gasteiger partial charge in [0.15, 0.2) is 0 Å². The molecule has 0 aliphatic heterocycles. The molecule has 0 spiro atoms. The topological polar surface area (TPSA) is 37.8 Å². The number of halogens is 3. The number of nitrogens with one attached hydrogen (secondary N) is 1. The van der Waals surface area contributed by atoms with Crippen LogP contribution in [-0.2, 0) is 0 Å². The fraction of sp³-hybridized carbons (Fsp3) is 0.167. The predicted octanol–water partition coefficient (Wildman–Crippen LogP) is 3.34. The largest absolute Gasteiger partial charge is 0.308 e. The third-order valence-electron chi connectivity index (χ3n) is 2.57. The molecule has 6 heteroatoms. The van der Waals surface area contributed by atoms with Crippen molar-refractivity contribution in [1.29, 1.82) is 0 Å². The van der Waals surface area contributed by atoms with E-state index < -0.39 is 5.82 Å². The molecule has 94 valence electrons. The van der Waals surface area contributed by atoms with Gasteiger partial charge in [-0.25, -0.2) is 14.4 Å². The minimum atomic E-state index is -0.455. The van der Waals surface area contributed by atoms with Crippen LogP contribution in [0.1, 0.15) is 17.3 Å². The molecule has 1 aromatic carbocycles. The summed E-state index contributed by atoms with van der Waals surface area (Å²) in [7, 11) is 1.74. The van der Waals surface area contributed by atoms with Crippen molar-refractivity contribution >= 4 is 27.5 Å². The van der Waals surface area contributed by atoms with Gasteiger partial charge < -0.3 is 5.32 Å². The van der Waals surface area contributed by atoms with Gasteiger partial charge in [0.25, 0.3) is 0 Å². The van der Waals surface area contributed by atoms with Gasteiger partial charge in [-0.2, -0.15) is 0 Å². The van der Waals surface area contributed by atoms with Crippen molar-refractivity contribution < 1.29 is 4.39 Å². The van der Waals surface area contributed by atoms with Gasteiger partial charge in [-0.05, 0) is 35.1 Å². The van der Waals surface area contributed by atoms with E-state index in [1.165, 1.54) is 6.33 Å². The van der Waals surface area contributed by atoms with Crippen molar-refractivity contribution in [2.75, 3.05) is 7.05 Å². The van der Waals surface area contributed by atoms with Crippen molar-refractivity contribution in [2.24, 2.45) is 0 Å². The van der Waals surface area contributed by atoms with Crippen molar-refractivity contribution in [3.8, 4) is 0 Å². The highest BCUT2D eigenvalue weighted by molar-refractivity contribution is 9.10. The molecule has 0 radical (unpaired) electrons. The Labute approximate surface area is 118 Å². The first kappa shape index (κ1) is 13.4. The molecular weight excluding hydrogens is 321 g/mol. The summed E-state index contributed by atoms with van der Waals surface area (Å²) in [6.07, 6.45) is 3.04. The van der Waals surface area contributed by atoms with Crippen LogP contribution in [0.3, 0.4) is 0 Å². The van der Waals surface area contributed by atoms with Crippen LogP contribution in [-0.4, -0.2) is 17.0 Å². The van der Waals surface area contributed by atoms with Crippen LogP contribution < -0.4 is 5.32 Å². The minimum absolute atomic E-state index is 0.0711. The summed E-state index contributed by atoms with van der Waals surface area (Å²) in [5.74, 6) is -0.455. The van der Waals surface area contributed by atoms with Gasteiger partial charge in [0.1, 0.15) is 12.1 Å². The maximum atomic E-state index is 14.1. The van der Waals surface area contributed by atoms with Crippen LogP contribution in [0.15, 0.2) is 35.2 Å². The Morgan fingerprint density at radius 2 is 2.17 bits per heavy atom. The van der Waals surface area contributed by atoms with E-state index >= 15 is 0 Å². The summed E-state index contributed by atoms with van der Waals surface area (Å²) in [6, 6.07) is 4.76. The highest BCUT2D eigenvalue weighted by Gasteiger charge is 2.20. The average Bonchev–Trinajstić information content (AvgIpc) is 2.41. The number of aromatic nitrogens is 2.